The molecule has 136 valence electrons. The maximum Gasteiger partial charge on any atom is 0.303 e. The molecule has 0 amide bonds. The summed E-state index contributed by atoms with van der Waals surface area (Å²) in [5, 5.41) is 21.8. The Morgan fingerprint density at radius 1 is 1.04 bits per heavy atom. The highest BCUT2D eigenvalue weighted by molar-refractivity contribution is 5.66. The Kier molecular flexibility index (Phi) is 6.37. The molecular formula is C18H18N2O6. The molecular weight excluding hydrogens is 340 g/mol. The molecule has 2 aromatic carbocycles. The summed E-state index contributed by atoms with van der Waals surface area (Å²) in [5.41, 5.74) is 1.28. The van der Waals surface area contributed by atoms with Gasteiger partial charge in [0.15, 0.2) is 0 Å². The van der Waals surface area contributed by atoms with E-state index in [0.29, 0.717) is 30.4 Å². The fraction of sp³-hybridized carbons (Fsp3) is 0.278. The van der Waals surface area contributed by atoms with E-state index in [4.69, 9.17) is 4.74 Å². The number of esters is 1. The first-order chi connectivity index (χ1) is 12.4. The SMILES string of the molecule is CC(=O)OC(CCCc1ccccc1[N+](=O)[O-])c1ccc([N+](=O)[O-])cc1. The van der Waals surface area contributed by atoms with Gasteiger partial charge in [0.2, 0.25) is 0 Å². The van der Waals surface area contributed by atoms with Crippen LogP contribution in [0.4, 0.5) is 11.4 Å². The van der Waals surface area contributed by atoms with Crippen molar-refractivity contribution in [2.75, 3.05) is 0 Å². The zero-order valence-electron chi connectivity index (χ0n) is 14.2. The fourth-order valence-corrected chi connectivity index (χ4v) is 2.68. The summed E-state index contributed by atoms with van der Waals surface area (Å²) in [5.74, 6) is -0.459. The van der Waals surface area contributed by atoms with E-state index in [1.807, 2.05) is 0 Å². The molecule has 0 N–H and O–H groups in total. The van der Waals surface area contributed by atoms with E-state index < -0.39 is 21.9 Å². The number of hydrogen-bond acceptors (Lipinski definition) is 6. The van der Waals surface area contributed by atoms with Crippen LogP contribution in [0, 0.1) is 20.2 Å². The number of aryl methyl sites for hydroxylation is 1. The second kappa shape index (κ2) is 8.70. The first kappa shape index (κ1) is 19.0. The molecule has 0 aliphatic heterocycles. The maximum atomic E-state index is 11.4. The van der Waals surface area contributed by atoms with Gasteiger partial charge in [0.25, 0.3) is 11.4 Å². The normalized spacial score (nSPS) is 11.6. The summed E-state index contributed by atoms with van der Waals surface area (Å²) in [6.45, 7) is 1.29. The number of nitro benzene ring substituents is 2. The number of para-hydroxylation sites is 1. The predicted octanol–water partition coefficient (Wildman–Crippen LogP) is 4.13. The van der Waals surface area contributed by atoms with E-state index in [2.05, 4.69) is 0 Å². The number of benzene rings is 2. The average Bonchev–Trinajstić information content (AvgIpc) is 2.61. The summed E-state index contributed by atoms with van der Waals surface area (Å²) >= 11 is 0. The van der Waals surface area contributed by atoms with Gasteiger partial charge in [-0.05, 0) is 37.0 Å². The minimum Gasteiger partial charge on any atom is -0.458 e. The standard InChI is InChI=1S/C18H18N2O6/c1-13(21)26-18(15-9-11-16(12-10-15)19(22)23)8-4-6-14-5-2-3-7-17(14)20(24)25/h2-3,5,7,9-12,18H,4,6,8H2,1H3. The lowest BCUT2D eigenvalue weighted by Gasteiger charge is -2.17. The van der Waals surface area contributed by atoms with Crippen LogP contribution >= 0.6 is 0 Å². The summed E-state index contributed by atoms with van der Waals surface area (Å²) in [4.78, 5) is 32.2. The van der Waals surface area contributed by atoms with Crippen molar-refractivity contribution in [3.8, 4) is 0 Å². The average molecular weight is 358 g/mol. The summed E-state index contributed by atoms with van der Waals surface area (Å²) in [6, 6.07) is 12.3. The molecule has 0 saturated heterocycles. The molecule has 0 aromatic heterocycles. The Labute approximate surface area is 149 Å². The third kappa shape index (κ3) is 5.10. The molecule has 2 rings (SSSR count). The van der Waals surface area contributed by atoms with Crippen LogP contribution in [0.1, 0.15) is 37.0 Å². The number of non-ortho nitro benzene ring substituents is 1. The summed E-state index contributed by atoms with van der Waals surface area (Å²) in [7, 11) is 0. The van der Waals surface area contributed by atoms with Crippen molar-refractivity contribution in [3.63, 3.8) is 0 Å². The first-order valence-electron chi connectivity index (χ1n) is 8.02. The molecule has 0 bridgehead atoms. The first-order valence-corrected chi connectivity index (χ1v) is 8.02. The van der Waals surface area contributed by atoms with E-state index in [9.17, 15) is 25.0 Å². The molecule has 0 heterocycles. The molecule has 1 atom stereocenters. The number of carbonyl (C=O) groups is 1. The molecule has 0 aliphatic carbocycles. The van der Waals surface area contributed by atoms with E-state index in [1.54, 1.807) is 30.3 Å². The van der Waals surface area contributed by atoms with Crippen LogP contribution in [0.2, 0.25) is 0 Å². The Balaban J connectivity index is 2.08. The van der Waals surface area contributed by atoms with Crippen molar-refractivity contribution < 1.29 is 19.4 Å². The van der Waals surface area contributed by atoms with E-state index >= 15 is 0 Å². The van der Waals surface area contributed by atoms with Crippen LogP contribution in [0.25, 0.3) is 0 Å². The van der Waals surface area contributed by atoms with Gasteiger partial charge in [-0.25, -0.2) is 0 Å². The minimum absolute atomic E-state index is 0.0461. The second-order valence-electron chi connectivity index (χ2n) is 5.72. The van der Waals surface area contributed by atoms with Gasteiger partial charge >= 0.3 is 5.97 Å². The molecule has 0 spiro atoms. The third-order valence-corrected chi connectivity index (χ3v) is 3.88. The molecule has 0 radical (unpaired) electrons. The van der Waals surface area contributed by atoms with Crippen LogP contribution in [0.3, 0.4) is 0 Å². The number of ether oxygens (including phenoxy) is 1. The monoisotopic (exact) mass is 358 g/mol. The summed E-state index contributed by atoms with van der Waals surface area (Å²) in [6.07, 6.45) is 0.904. The molecule has 8 nitrogen and oxygen atoms in total. The van der Waals surface area contributed by atoms with Crippen molar-refractivity contribution in [1.82, 2.24) is 0 Å². The zero-order chi connectivity index (χ0) is 19.1. The van der Waals surface area contributed by atoms with Gasteiger partial charge in [0.05, 0.1) is 9.85 Å². The van der Waals surface area contributed by atoms with Crippen molar-refractivity contribution in [2.45, 2.75) is 32.3 Å². The fourth-order valence-electron chi connectivity index (χ4n) is 2.68. The second-order valence-corrected chi connectivity index (χ2v) is 5.72. The molecule has 1 unspecified atom stereocenters. The Morgan fingerprint density at radius 2 is 1.69 bits per heavy atom. The minimum atomic E-state index is -0.559. The van der Waals surface area contributed by atoms with Gasteiger partial charge in [-0.15, -0.1) is 0 Å². The predicted molar refractivity (Wildman–Crippen MR) is 93.6 cm³/mol. The molecule has 0 fully saturated rings. The van der Waals surface area contributed by atoms with Crippen molar-refractivity contribution >= 4 is 17.3 Å². The molecule has 8 heteroatoms. The number of rotatable bonds is 8. The smallest absolute Gasteiger partial charge is 0.303 e. The highest BCUT2D eigenvalue weighted by atomic mass is 16.6. The van der Waals surface area contributed by atoms with Gasteiger partial charge in [0, 0.05) is 30.7 Å². The molecule has 2 aromatic rings. The lowest BCUT2D eigenvalue weighted by molar-refractivity contribution is -0.385. The number of hydrogen-bond donors (Lipinski definition) is 0. The van der Waals surface area contributed by atoms with Gasteiger partial charge < -0.3 is 4.74 Å². The molecule has 0 saturated carbocycles. The van der Waals surface area contributed by atoms with E-state index in [1.165, 1.54) is 25.1 Å². The van der Waals surface area contributed by atoms with Crippen LogP contribution in [0.5, 0.6) is 0 Å². The highest BCUT2D eigenvalue weighted by Crippen LogP contribution is 2.27. The number of carbonyl (C=O) groups excluding carboxylic acids is 1. The van der Waals surface area contributed by atoms with Crippen molar-refractivity contribution in [2.24, 2.45) is 0 Å². The Hall–Kier alpha value is -3.29. The molecule has 26 heavy (non-hydrogen) atoms. The quantitative estimate of drug-likeness (QED) is 0.398. The lowest BCUT2D eigenvalue weighted by atomic mass is 10.00. The largest absolute Gasteiger partial charge is 0.458 e. The van der Waals surface area contributed by atoms with E-state index in [0.717, 1.165) is 0 Å². The Morgan fingerprint density at radius 3 is 2.27 bits per heavy atom. The summed E-state index contributed by atoms with van der Waals surface area (Å²) < 4.78 is 5.31. The van der Waals surface area contributed by atoms with Crippen molar-refractivity contribution in [1.29, 1.82) is 0 Å². The van der Waals surface area contributed by atoms with Crippen LogP contribution < -0.4 is 0 Å². The lowest BCUT2D eigenvalue weighted by Crippen LogP contribution is -2.09. The third-order valence-electron chi connectivity index (χ3n) is 3.88. The van der Waals surface area contributed by atoms with Crippen LogP contribution in [0.15, 0.2) is 48.5 Å². The maximum absolute atomic E-state index is 11.4. The van der Waals surface area contributed by atoms with Gasteiger partial charge in [-0.1, -0.05) is 18.2 Å². The van der Waals surface area contributed by atoms with Gasteiger partial charge in [0.1, 0.15) is 6.10 Å². The van der Waals surface area contributed by atoms with Gasteiger partial charge in [-0.3, -0.25) is 25.0 Å². The Bertz CT molecular complexity index is 804. The highest BCUT2D eigenvalue weighted by Gasteiger charge is 2.18. The van der Waals surface area contributed by atoms with Crippen molar-refractivity contribution in [3.05, 3.63) is 79.9 Å². The number of nitro groups is 2. The number of nitrogens with zero attached hydrogens (tertiary/aromatic N) is 2. The van der Waals surface area contributed by atoms with Gasteiger partial charge in [-0.2, -0.15) is 0 Å². The van der Waals surface area contributed by atoms with E-state index in [-0.39, 0.29) is 11.4 Å². The zero-order valence-corrected chi connectivity index (χ0v) is 14.2. The topological polar surface area (TPSA) is 113 Å². The molecule has 0 aliphatic rings. The van der Waals surface area contributed by atoms with Crippen LogP contribution in [-0.2, 0) is 16.0 Å². The van der Waals surface area contributed by atoms with Crippen LogP contribution in [-0.4, -0.2) is 15.8 Å².